The van der Waals surface area contributed by atoms with E-state index >= 15 is 0 Å². The Morgan fingerprint density at radius 1 is 0.967 bits per heavy atom. The number of hydrogen-bond donors (Lipinski definition) is 1. The summed E-state index contributed by atoms with van der Waals surface area (Å²) >= 11 is 13.6. The fraction of sp³-hybridized carbons (Fsp3) is 0.0435. The highest BCUT2D eigenvalue weighted by Gasteiger charge is 2.09. The van der Waals surface area contributed by atoms with Crippen molar-refractivity contribution in [3.05, 3.63) is 88.2 Å². The molecule has 0 aliphatic carbocycles. The Bertz CT molecular complexity index is 1160. The first-order valence-corrected chi connectivity index (χ1v) is 10.7. The van der Waals surface area contributed by atoms with E-state index in [9.17, 15) is 4.79 Å². The smallest absolute Gasteiger partial charge is 0.262 e. The molecule has 1 amide bonds. The van der Waals surface area contributed by atoms with E-state index in [0.29, 0.717) is 21.5 Å². The molecule has 0 spiro atoms. The molecule has 0 fully saturated rings. The van der Waals surface area contributed by atoms with Gasteiger partial charge in [0.05, 0.1) is 10.7 Å². The van der Waals surface area contributed by atoms with Crippen LogP contribution in [0.4, 0.5) is 5.69 Å². The molecule has 150 valence electrons. The predicted octanol–water partition coefficient (Wildman–Crippen LogP) is 6.80. The number of carbonyl (C=O) groups excluding carboxylic acids is 1. The number of benzene rings is 3. The average molecular weight is 455 g/mol. The molecule has 4 rings (SSSR count). The topological polar surface area (TPSA) is 51.2 Å². The number of nitrogens with zero attached hydrogens (tertiary/aromatic N) is 1. The highest BCUT2D eigenvalue weighted by atomic mass is 35.5. The third-order valence-electron chi connectivity index (χ3n) is 4.24. The van der Waals surface area contributed by atoms with Crippen LogP contribution in [0.5, 0.6) is 5.75 Å². The first-order valence-electron chi connectivity index (χ1n) is 9.07. The maximum Gasteiger partial charge on any atom is 0.262 e. The van der Waals surface area contributed by atoms with Crippen molar-refractivity contribution < 1.29 is 9.53 Å². The third kappa shape index (κ3) is 5.00. The highest BCUT2D eigenvalue weighted by molar-refractivity contribution is 7.13. The van der Waals surface area contributed by atoms with Gasteiger partial charge in [-0.3, -0.25) is 4.79 Å². The van der Waals surface area contributed by atoms with Crippen LogP contribution in [-0.2, 0) is 4.79 Å². The molecule has 0 saturated heterocycles. The zero-order valence-corrected chi connectivity index (χ0v) is 18.0. The van der Waals surface area contributed by atoms with E-state index in [1.54, 1.807) is 29.5 Å². The molecule has 3 aromatic carbocycles. The number of anilines is 1. The fourth-order valence-corrected chi connectivity index (χ4v) is 3.94. The first-order chi connectivity index (χ1) is 14.6. The fourth-order valence-electron chi connectivity index (χ4n) is 2.77. The summed E-state index contributed by atoms with van der Waals surface area (Å²) in [5.41, 5.74) is 3.64. The van der Waals surface area contributed by atoms with E-state index < -0.39 is 0 Å². The molecular weight excluding hydrogens is 439 g/mol. The SMILES string of the molecule is O=C(COc1cc(Cl)ccc1Cl)Nc1ccc(-c2csc(-c3ccccc3)n2)cc1. The van der Waals surface area contributed by atoms with Crippen LogP contribution in [0.15, 0.2) is 78.2 Å². The van der Waals surface area contributed by atoms with Gasteiger partial charge in [0.2, 0.25) is 0 Å². The first kappa shape index (κ1) is 20.4. The number of hydrogen-bond acceptors (Lipinski definition) is 4. The summed E-state index contributed by atoms with van der Waals surface area (Å²) in [6, 6.07) is 22.4. The summed E-state index contributed by atoms with van der Waals surface area (Å²) in [6.07, 6.45) is 0. The van der Waals surface area contributed by atoms with Crippen molar-refractivity contribution in [2.24, 2.45) is 0 Å². The minimum Gasteiger partial charge on any atom is -0.482 e. The second-order valence-corrected chi connectivity index (χ2v) is 8.09. The average Bonchev–Trinajstić information content (AvgIpc) is 3.26. The normalized spacial score (nSPS) is 10.6. The van der Waals surface area contributed by atoms with Crippen molar-refractivity contribution in [2.45, 2.75) is 0 Å². The maximum atomic E-state index is 12.2. The third-order valence-corrected chi connectivity index (χ3v) is 5.68. The summed E-state index contributed by atoms with van der Waals surface area (Å²) < 4.78 is 5.45. The molecule has 7 heteroatoms. The highest BCUT2D eigenvalue weighted by Crippen LogP contribution is 2.30. The quantitative estimate of drug-likeness (QED) is 0.348. The minimum absolute atomic E-state index is 0.172. The Morgan fingerprint density at radius 3 is 2.50 bits per heavy atom. The van der Waals surface area contributed by atoms with E-state index in [-0.39, 0.29) is 12.5 Å². The molecule has 1 N–H and O–H groups in total. The van der Waals surface area contributed by atoms with E-state index in [4.69, 9.17) is 32.9 Å². The van der Waals surface area contributed by atoms with E-state index in [2.05, 4.69) is 5.32 Å². The molecule has 4 aromatic rings. The van der Waals surface area contributed by atoms with Gasteiger partial charge in [-0.1, -0.05) is 65.7 Å². The zero-order chi connectivity index (χ0) is 20.9. The molecule has 1 heterocycles. The van der Waals surface area contributed by atoms with Crippen molar-refractivity contribution in [1.29, 1.82) is 0 Å². The molecule has 30 heavy (non-hydrogen) atoms. The number of ether oxygens (including phenoxy) is 1. The molecule has 0 aliphatic heterocycles. The van der Waals surface area contributed by atoms with Crippen LogP contribution in [0.2, 0.25) is 10.0 Å². The second-order valence-electron chi connectivity index (χ2n) is 6.39. The molecule has 0 aliphatic rings. The van der Waals surface area contributed by atoms with Crippen molar-refractivity contribution in [3.63, 3.8) is 0 Å². The van der Waals surface area contributed by atoms with E-state index in [1.165, 1.54) is 0 Å². The lowest BCUT2D eigenvalue weighted by atomic mass is 10.1. The number of rotatable bonds is 6. The van der Waals surface area contributed by atoms with Gasteiger partial charge in [0, 0.05) is 33.3 Å². The summed E-state index contributed by atoms with van der Waals surface area (Å²) in [5.74, 6) is 0.0752. The molecule has 0 atom stereocenters. The molecule has 0 radical (unpaired) electrons. The number of amides is 1. The Kier molecular flexibility index (Phi) is 6.33. The minimum atomic E-state index is -0.293. The van der Waals surface area contributed by atoms with Crippen LogP contribution >= 0.6 is 34.5 Å². The van der Waals surface area contributed by atoms with E-state index in [1.807, 2.05) is 60.0 Å². The van der Waals surface area contributed by atoms with Gasteiger partial charge in [0.1, 0.15) is 10.8 Å². The van der Waals surface area contributed by atoms with Crippen molar-refractivity contribution in [3.8, 4) is 27.6 Å². The maximum absolute atomic E-state index is 12.2. The Labute approximate surface area is 188 Å². The van der Waals surface area contributed by atoms with Crippen LogP contribution in [0, 0.1) is 0 Å². The zero-order valence-electron chi connectivity index (χ0n) is 15.6. The number of halogens is 2. The lowest BCUT2D eigenvalue weighted by Crippen LogP contribution is -2.20. The predicted molar refractivity (Wildman–Crippen MR) is 124 cm³/mol. The van der Waals surface area contributed by atoms with Crippen LogP contribution < -0.4 is 10.1 Å². The molecule has 4 nitrogen and oxygen atoms in total. The van der Waals surface area contributed by atoms with Gasteiger partial charge >= 0.3 is 0 Å². The Hall–Kier alpha value is -2.86. The molecule has 1 aromatic heterocycles. The standard InChI is InChI=1S/C23H16Cl2N2O2S/c24-17-8-11-19(25)21(12-17)29-13-22(28)26-18-9-6-15(7-10-18)20-14-30-23(27-20)16-4-2-1-3-5-16/h1-12,14H,13H2,(H,26,28). The van der Waals surface area contributed by atoms with Crippen molar-refractivity contribution in [1.82, 2.24) is 4.98 Å². The van der Waals surface area contributed by atoms with Gasteiger partial charge in [-0.2, -0.15) is 0 Å². The van der Waals surface area contributed by atoms with Crippen LogP contribution in [0.25, 0.3) is 21.8 Å². The van der Waals surface area contributed by atoms with Gasteiger partial charge in [0.25, 0.3) is 5.91 Å². The summed E-state index contributed by atoms with van der Waals surface area (Å²) in [5, 5.41) is 6.68. The van der Waals surface area contributed by atoms with Crippen molar-refractivity contribution >= 4 is 46.1 Å². The Balaban J connectivity index is 1.37. The second kappa shape index (κ2) is 9.30. The molecule has 0 saturated carbocycles. The largest absolute Gasteiger partial charge is 0.482 e. The van der Waals surface area contributed by atoms with Crippen LogP contribution in [-0.4, -0.2) is 17.5 Å². The van der Waals surface area contributed by atoms with Crippen LogP contribution in [0.3, 0.4) is 0 Å². The molecule has 0 bridgehead atoms. The summed E-state index contributed by atoms with van der Waals surface area (Å²) in [6.45, 7) is -0.172. The van der Waals surface area contributed by atoms with Gasteiger partial charge in [-0.05, 0) is 24.3 Å². The van der Waals surface area contributed by atoms with Crippen molar-refractivity contribution in [2.75, 3.05) is 11.9 Å². The number of thiazole rings is 1. The monoisotopic (exact) mass is 454 g/mol. The van der Waals surface area contributed by atoms with Gasteiger partial charge in [0.15, 0.2) is 6.61 Å². The number of aromatic nitrogens is 1. The Morgan fingerprint density at radius 2 is 1.73 bits per heavy atom. The van der Waals surface area contributed by atoms with E-state index in [0.717, 1.165) is 21.8 Å². The number of nitrogens with one attached hydrogen (secondary N) is 1. The lowest BCUT2D eigenvalue weighted by molar-refractivity contribution is -0.118. The summed E-state index contributed by atoms with van der Waals surface area (Å²) in [7, 11) is 0. The molecule has 0 unspecified atom stereocenters. The molecular formula is C23H16Cl2N2O2S. The van der Waals surface area contributed by atoms with Crippen LogP contribution in [0.1, 0.15) is 0 Å². The van der Waals surface area contributed by atoms with Gasteiger partial charge in [-0.25, -0.2) is 4.98 Å². The summed E-state index contributed by atoms with van der Waals surface area (Å²) in [4.78, 5) is 16.9. The van der Waals surface area contributed by atoms with Gasteiger partial charge in [-0.15, -0.1) is 11.3 Å². The number of carbonyl (C=O) groups is 1. The van der Waals surface area contributed by atoms with Gasteiger partial charge < -0.3 is 10.1 Å². The lowest BCUT2D eigenvalue weighted by Gasteiger charge is -2.09.